The Morgan fingerprint density at radius 2 is 2.05 bits per heavy atom. The summed E-state index contributed by atoms with van der Waals surface area (Å²) in [6.45, 7) is 3.11. The van der Waals surface area contributed by atoms with Gasteiger partial charge in [0.25, 0.3) is 0 Å². The van der Waals surface area contributed by atoms with Crippen LogP contribution in [0.5, 0.6) is 0 Å². The van der Waals surface area contributed by atoms with Crippen LogP contribution < -0.4 is 5.32 Å². The molecule has 0 saturated heterocycles. The first-order chi connectivity index (χ1) is 9.81. The quantitative estimate of drug-likeness (QED) is 0.813. The van der Waals surface area contributed by atoms with E-state index in [4.69, 9.17) is 0 Å². The van der Waals surface area contributed by atoms with E-state index in [1.54, 1.807) is 11.8 Å². The predicted molar refractivity (Wildman–Crippen MR) is 84.8 cm³/mol. The van der Waals surface area contributed by atoms with Gasteiger partial charge in [0.05, 0.1) is 5.03 Å². The van der Waals surface area contributed by atoms with Gasteiger partial charge in [0.15, 0.2) is 0 Å². The molecule has 104 valence electrons. The van der Waals surface area contributed by atoms with Crippen LogP contribution in [0.2, 0.25) is 0 Å². The van der Waals surface area contributed by atoms with Gasteiger partial charge in [-0.05, 0) is 42.5 Å². The molecule has 3 heteroatoms. The lowest BCUT2D eigenvalue weighted by Crippen LogP contribution is -2.15. The maximum Gasteiger partial charge on any atom is 0.0963 e. The first kappa shape index (κ1) is 13.7. The van der Waals surface area contributed by atoms with Gasteiger partial charge in [0.1, 0.15) is 0 Å². The predicted octanol–water partition coefficient (Wildman–Crippen LogP) is 3.93. The van der Waals surface area contributed by atoms with Crippen molar-refractivity contribution in [3.63, 3.8) is 0 Å². The van der Waals surface area contributed by atoms with Crippen LogP contribution in [-0.4, -0.2) is 11.0 Å². The van der Waals surface area contributed by atoms with E-state index in [1.807, 2.05) is 6.20 Å². The molecule has 1 aliphatic carbocycles. The number of hydrogen-bond donors (Lipinski definition) is 1. The van der Waals surface area contributed by atoms with Crippen molar-refractivity contribution in [2.24, 2.45) is 0 Å². The molecular weight excluding hydrogens is 264 g/mol. The lowest BCUT2D eigenvalue weighted by molar-refractivity contribution is 0.685. The molecule has 2 aromatic rings. The molecular formula is C17H20N2S. The fourth-order valence-corrected chi connectivity index (χ4v) is 2.99. The van der Waals surface area contributed by atoms with Crippen LogP contribution in [0.1, 0.15) is 29.5 Å². The molecule has 1 N–H and O–H groups in total. The summed E-state index contributed by atoms with van der Waals surface area (Å²) in [5, 5.41) is 4.61. The number of rotatable bonds is 6. The average molecular weight is 284 g/mol. The summed E-state index contributed by atoms with van der Waals surface area (Å²) in [5.41, 5.74) is 4.01. The Bertz CT molecular complexity index is 561. The molecule has 1 aromatic heterocycles. The molecule has 1 heterocycles. The Morgan fingerprint density at radius 1 is 1.20 bits per heavy atom. The number of pyridine rings is 1. The molecule has 2 nitrogen and oxygen atoms in total. The summed E-state index contributed by atoms with van der Waals surface area (Å²) in [7, 11) is 0. The molecule has 0 spiro atoms. The number of nitrogens with zero attached hydrogens (tertiary/aromatic N) is 1. The van der Waals surface area contributed by atoms with Gasteiger partial charge in [-0.3, -0.25) is 0 Å². The minimum absolute atomic E-state index is 0.755. The minimum Gasteiger partial charge on any atom is -0.310 e. The second kappa shape index (κ2) is 6.42. The second-order valence-electron chi connectivity index (χ2n) is 5.38. The van der Waals surface area contributed by atoms with Crippen LogP contribution in [0, 0.1) is 6.92 Å². The van der Waals surface area contributed by atoms with Crippen molar-refractivity contribution < 1.29 is 0 Å². The zero-order chi connectivity index (χ0) is 13.8. The molecule has 0 radical (unpaired) electrons. The van der Waals surface area contributed by atoms with E-state index in [0.717, 1.165) is 23.4 Å². The Labute approximate surface area is 125 Å². The van der Waals surface area contributed by atoms with Crippen molar-refractivity contribution in [3.05, 3.63) is 59.3 Å². The van der Waals surface area contributed by atoms with E-state index >= 15 is 0 Å². The van der Waals surface area contributed by atoms with Gasteiger partial charge in [-0.15, -0.1) is 11.8 Å². The number of aromatic nitrogens is 1. The minimum atomic E-state index is 0.755. The van der Waals surface area contributed by atoms with Crippen molar-refractivity contribution in [3.8, 4) is 0 Å². The zero-order valence-electron chi connectivity index (χ0n) is 11.8. The van der Waals surface area contributed by atoms with Gasteiger partial charge < -0.3 is 5.32 Å². The third kappa shape index (κ3) is 3.84. The topological polar surface area (TPSA) is 24.9 Å². The van der Waals surface area contributed by atoms with Crippen LogP contribution in [0.3, 0.4) is 0 Å². The molecule has 1 fully saturated rings. The lowest BCUT2D eigenvalue weighted by Gasteiger charge is -2.06. The Balaban J connectivity index is 1.53. The van der Waals surface area contributed by atoms with Gasteiger partial charge in [-0.25, -0.2) is 4.98 Å². The standard InChI is InChI=1S/C17H20N2S/c1-13-4-2-3-5-15(13)12-20-17-9-6-14(11-19-17)10-18-16-7-8-16/h2-6,9,11,16,18H,7-8,10,12H2,1H3. The highest BCUT2D eigenvalue weighted by Gasteiger charge is 2.19. The fourth-order valence-electron chi connectivity index (χ4n) is 2.07. The van der Waals surface area contributed by atoms with Crippen LogP contribution >= 0.6 is 11.8 Å². The summed E-state index contributed by atoms with van der Waals surface area (Å²) in [6.07, 6.45) is 4.66. The first-order valence-corrected chi connectivity index (χ1v) is 8.15. The molecule has 0 atom stereocenters. The molecule has 0 aliphatic heterocycles. The monoisotopic (exact) mass is 284 g/mol. The number of nitrogens with one attached hydrogen (secondary N) is 1. The Morgan fingerprint density at radius 3 is 2.75 bits per heavy atom. The van der Waals surface area contributed by atoms with Gasteiger partial charge >= 0.3 is 0 Å². The highest BCUT2D eigenvalue weighted by molar-refractivity contribution is 7.98. The van der Waals surface area contributed by atoms with Crippen LogP contribution in [-0.2, 0) is 12.3 Å². The van der Waals surface area contributed by atoms with Crippen LogP contribution in [0.4, 0.5) is 0 Å². The molecule has 0 unspecified atom stereocenters. The third-order valence-electron chi connectivity index (χ3n) is 3.61. The van der Waals surface area contributed by atoms with Gasteiger partial charge in [-0.1, -0.05) is 30.3 Å². The largest absolute Gasteiger partial charge is 0.310 e. The fraction of sp³-hybridized carbons (Fsp3) is 0.353. The van der Waals surface area contributed by atoms with E-state index in [0.29, 0.717) is 0 Å². The Hall–Kier alpha value is -1.32. The van der Waals surface area contributed by atoms with Crippen molar-refractivity contribution in [1.82, 2.24) is 10.3 Å². The molecule has 0 bridgehead atoms. The van der Waals surface area contributed by atoms with Gasteiger partial charge in [-0.2, -0.15) is 0 Å². The normalized spacial score (nSPS) is 14.4. The van der Waals surface area contributed by atoms with Gasteiger partial charge in [0, 0.05) is 24.5 Å². The SMILES string of the molecule is Cc1ccccc1CSc1ccc(CNC2CC2)cn1. The zero-order valence-corrected chi connectivity index (χ0v) is 12.6. The smallest absolute Gasteiger partial charge is 0.0963 e. The summed E-state index contributed by atoms with van der Waals surface area (Å²) >= 11 is 1.80. The average Bonchev–Trinajstić information content (AvgIpc) is 3.30. The van der Waals surface area contributed by atoms with E-state index in [2.05, 4.69) is 53.6 Å². The molecule has 1 saturated carbocycles. The summed E-state index contributed by atoms with van der Waals surface area (Å²) in [6, 6.07) is 13.6. The van der Waals surface area contributed by atoms with Gasteiger partial charge in [0.2, 0.25) is 0 Å². The molecule has 20 heavy (non-hydrogen) atoms. The third-order valence-corrected chi connectivity index (χ3v) is 4.60. The molecule has 1 aromatic carbocycles. The highest BCUT2D eigenvalue weighted by atomic mass is 32.2. The molecule has 1 aliphatic rings. The molecule has 0 amide bonds. The summed E-state index contributed by atoms with van der Waals surface area (Å²) in [4.78, 5) is 4.54. The van der Waals surface area contributed by atoms with Crippen LogP contribution in [0.15, 0.2) is 47.6 Å². The number of thioether (sulfide) groups is 1. The van der Waals surface area contributed by atoms with Crippen molar-refractivity contribution in [1.29, 1.82) is 0 Å². The number of aryl methyl sites for hydroxylation is 1. The van der Waals surface area contributed by atoms with Crippen LogP contribution in [0.25, 0.3) is 0 Å². The highest BCUT2D eigenvalue weighted by Crippen LogP contribution is 2.23. The summed E-state index contributed by atoms with van der Waals surface area (Å²) in [5.74, 6) is 0.985. The summed E-state index contributed by atoms with van der Waals surface area (Å²) < 4.78 is 0. The first-order valence-electron chi connectivity index (χ1n) is 7.17. The molecule has 3 rings (SSSR count). The lowest BCUT2D eigenvalue weighted by atomic mass is 10.1. The maximum absolute atomic E-state index is 4.54. The second-order valence-corrected chi connectivity index (χ2v) is 6.37. The van der Waals surface area contributed by atoms with Crippen molar-refractivity contribution >= 4 is 11.8 Å². The van der Waals surface area contributed by atoms with Crippen molar-refractivity contribution in [2.45, 2.75) is 43.1 Å². The van der Waals surface area contributed by atoms with E-state index in [-0.39, 0.29) is 0 Å². The van der Waals surface area contributed by atoms with E-state index in [1.165, 1.54) is 29.5 Å². The number of hydrogen-bond acceptors (Lipinski definition) is 3. The van der Waals surface area contributed by atoms with Crippen molar-refractivity contribution in [2.75, 3.05) is 0 Å². The van der Waals surface area contributed by atoms with E-state index in [9.17, 15) is 0 Å². The number of benzene rings is 1. The maximum atomic E-state index is 4.54. The van der Waals surface area contributed by atoms with E-state index < -0.39 is 0 Å². The Kier molecular flexibility index (Phi) is 4.38.